The maximum Gasteiger partial charge on any atom is 0.273 e. The van der Waals surface area contributed by atoms with Crippen LogP contribution in [0.25, 0.3) is 0 Å². The summed E-state index contributed by atoms with van der Waals surface area (Å²) in [6, 6.07) is 20.6. The first-order valence-electron chi connectivity index (χ1n) is 10.7. The van der Waals surface area contributed by atoms with Gasteiger partial charge in [-0.2, -0.15) is 0 Å². The molecule has 1 fully saturated rings. The summed E-state index contributed by atoms with van der Waals surface area (Å²) in [7, 11) is 0. The van der Waals surface area contributed by atoms with Gasteiger partial charge in [0, 0.05) is 6.54 Å². The third kappa shape index (κ3) is 5.13. The molecule has 1 aliphatic heterocycles. The fourth-order valence-electron chi connectivity index (χ4n) is 4.00. The van der Waals surface area contributed by atoms with E-state index in [2.05, 4.69) is 51.7 Å². The van der Waals surface area contributed by atoms with E-state index in [0.717, 1.165) is 24.6 Å². The molecule has 1 amide bonds. The highest BCUT2D eigenvalue weighted by Gasteiger charge is 2.25. The summed E-state index contributed by atoms with van der Waals surface area (Å²) in [5.74, 6) is 0.590. The first-order valence-corrected chi connectivity index (χ1v) is 10.7. The van der Waals surface area contributed by atoms with Crippen molar-refractivity contribution in [2.75, 3.05) is 19.6 Å². The highest BCUT2D eigenvalue weighted by molar-refractivity contribution is 5.91. The van der Waals surface area contributed by atoms with Crippen LogP contribution in [-0.4, -0.2) is 45.4 Å². The van der Waals surface area contributed by atoms with Crippen molar-refractivity contribution >= 4 is 5.91 Å². The molecule has 1 aliphatic rings. The third-order valence-electron chi connectivity index (χ3n) is 5.86. The first kappa shape index (κ1) is 20.3. The molecule has 1 saturated heterocycles. The average molecular weight is 404 g/mol. The zero-order valence-corrected chi connectivity index (χ0v) is 17.4. The molecule has 6 heteroatoms. The predicted octanol–water partition coefficient (Wildman–Crippen LogP) is 3.53. The number of piperidine rings is 1. The number of benzene rings is 2. The van der Waals surface area contributed by atoms with Gasteiger partial charge in [0.25, 0.3) is 5.91 Å². The number of aromatic nitrogens is 3. The Morgan fingerprint density at radius 3 is 2.43 bits per heavy atom. The molecule has 1 atom stereocenters. The van der Waals surface area contributed by atoms with Crippen LogP contribution < -0.4 is 5.32 Å². The minimum absolute atomic E-state index is 0.169. The number of carbonyl (C=O) groups is 1. The lowest BCUT2D eigenvalue weighted by Crippen LogP contribution is -2.42. The molecule has 1 aromatic heterocycles. The first-order chi connectivity index (χ1) is 14.7. The molecule has 1 unspecified atom stereocenters. The van der Waals surface area contributed by atoms with Crippen molar-refractivity contribution in [1.82, 2.24) is 25.2 Å². The van der Waals surface area contributed by atoms with Gasteiger partial charge in [-0.05, 0) is 43.0 Å². The summed E-state index contributed by atoms with van der Waals surface area (Å²) in [5.41, 5.74) is 2.71. The van der Waals surface area contributed by atoms with Crippen LogP contribution in [0.2, 0.25) is 0 Å². The van der Waals surface area contributed by atoms with Crippen LogP contribution in [0.4, 0.5) is 0 Å². The Morgan fingerprint density at radius 1 is 1.07 bits per heavy atom. The van der Waals surface area contributed by atoms with E-state index in [4.69, 9.17) is 0 Å². The van der Waals surface area contributed by atoms with Crippen LogP contribution >= 0.6 is 0 Å². The van der Waals surface area contributed by atoms with Crippen molar-refractivity contribution < 1.29 is 4.79 Å². The number of rotatable bonds is 7. The van der Waals surface area contributed by atoms with E-state index in [0.29, 0.717) is 18.8 Å². The summed E-state index contributed by atoms with van der Waals surface area (Å²) in [6.07, 6.45) is 4.11. The van der Waals surface area contributed by atoms with Crippen molar-refractivity contribution in [1.29, 1.82) is 0 Å². The summed E-state index contributed by atoms with van der Waals surface area (Å²) in [5, 5.41) is 11.3. The molecule has 6 nitrogen and oxygen atoms in total. The van der Waals surface area contributed by atoms with Gasteiger partial charge in [0.2, 0.25) is 0 Å². The molecule has 1 N–H and O–H groups in total. The average Bonchev–Trinajstić information content (AvgIpc) is 3.25. The van der Waals surface area contributed by atoms with E-state index in [9.17, 15) is 4.79 Å². The summed E-state index contributed by atoms with van der Waals surface area (Å²) < 4.78 is 1.70. The third-order valence-corrected chi connectivity index (χ3v) is 5.86. The van der Waals surface area contributed by atoms with Gasteiger partial charge >= 0.3 is 0 Å². The Morgan fingerprint density at radius 2 is 1.73 bits per heavy atom. The van der Waals surface area contributed by atoms with Gasteiger partial charge < -0.3 is 5.32 Å². The van der Waals surface area contributed by atoms with Crippen molar-refractivity contribution in [2.45, 2.75) is 32.4 Å². The number of hydrogen-bond acceptors (Lipinski definition) is 4. The van der Waals surface area contributed by atoms with E-state index in [-0.39, 0.29) is 11.9 Å². The van der Waals surface area contributed by atoms with Crippen molar-refractivity contribution in [3.8, 4) is 0 Å². The van der Waals surface area contributed by atoms with Gasteiger partial charge in [0.15, 0.2) is 5.69 Å². The van der Waals surface area contributed by atoms with Gasteiger partial charge in [-0.1, -0.05) is 72.8 Å². The van der Waals surface area contributed by atoms with Gasteiger partial charge in [0.05, 0.1) is 18.8 Å². The molecule has 0 radical (unpaired) electrons. The second kappa shape index (κ2) is 9.67. The van der Waals surface area contributed by atoms with Gasteiger partial charge in [-0.25, -0.2) is 4.68 Å². The minimum Gasteiger partial charge on any atom is -0.349 e. The Balaban J connectivity index is 1.40. The fraction of sp³-hybridized carbons (Fsp3) is 0.375. The van der Waals surface area contributed by atoms with E-state index in [1.54, 1.807) is 10.9 Å². The van der Waals surface area contributed by atoms with Gasteiger partial charge in [0.1, 0.15) is 0 Å². The lowest BCUT2D eigenvalue weighted by atomic mass is 9.95. The maximum absolute atomic E-state index is 12.7. The zero-order chi connectivity index (χ0) is 20.8. The Hall–Kier alpha value is -2.99. The Kier molecular flexibility index (Phi) is 6.54. The van der Waals surface area contributed by atoms with Crippen molar-refractivity contribution in [3.05, 3.63) is 83.7 Å². The zero-order valence-electron chi connectivity index (χ0n) is 17.4. The van der Waals surface area contributed by atoms with Crippen LogP contribution in [0.1, 0.15) is 47.4 Å². The Labute approximate surface area is 177 Å². The van der Waals surface area contributed by atoms with Crippen molar-refractivity contribution in [2.24, 2.45) is 5.92 Å². The van der Waals surface area contributed by atoms with Gasteiger partial charge in [-0.3, -0.25) is 9.69 Å². The number of nitrogens with one attached hydrogen (secondary N) is 1. The molecular weight excluding hydrogens is 374 g/mol. The van der Waals surface area contributed by atoms with Crippen LogP contribution in [0, 0.1) is 5.92 Å². The van der Waals surface area contributed by atoms with Crippen LogP contribution in [0.5, 0.6) is 0 Å². The van der Waals surface area contributed by atoms with E-state index < -0.39 is 0 Å². The second-order valence-electron chi connectivity index (χ2n) is 8.14. The smallest absolute Gasteiger partial charge is 0.273 e. The molecule has 4 rings (SSSR count). The monoisotopic (exact) mass is 403 g/mol. The highest BCUT2D eigenvalue weighted by Crippen LogP contribution is 2.26. The maximum atomic E-state index is 12.7. The number of carbonyl (C=O) groups excluding carboxylic acids is 1. The lowest BCUT2D eigenvalue weighted by Gasteiger charge is -2.37. The lowest BCUT2D eigenvalue weighted by molar-refractivity contribution is 0.0908. The Bertz CT molecular complexity index is 932. The molecule has 3 aromatic rings. The van der Waals surface area contributed by atoms with Crippen LogP contribution in [-0.2, 0) is 6.54 Å². The molecule has 0 spiro atoms. The number of amides is 1. The highest BCUT2D eigenvalue weighted by atomic mass is 16.2. The van der Waals surface area contributed by atoms with E-state index in [1.165, 1.54) is 18.4 Å². The summed E-state index contributed by atoms with van der Waals surface area (Å²) in [4.78, 5) is 15.2. The largest absolute Gasteiger partial charge is 0.349 e. The molecule has 30 heavy (non-hydrogen) atoms. The summed E-state index contributed by atoms with van der Waals surface area (Å²) in [6.45, 7) is 5.59. The molecule has 0 saturated carbocycles. The standard InChI is InChI=1S/C24H29N5O/c1-19-12-14-28(15-13-19)23(21-10-6-3-7-11-21)16-25-24(30)22-18-29(27-26-22)17-20-8-4-2-5-9-20/h2-11,18-19,23H,12-17H2,1H3,(H,25,30). The summed E-state index contributed by atoms with van der Waals surface area (Å²) >= 11 is 0. The van der Waals surface area contributed by atoms with Crippen LogP contribution in [0.15, 0.2) is 66.9 Å². The van der Waals surface area contributed by atoms with E-state index >= 15 is 0 Å². The molecule has 2 heterocycles. The van der Waals surface area contributed by atoms with Crippen molar-refractivity contribution in [3.63, 3.8) is 0 Å². The number of likely N-dealkylation sites (tertiary alicyclic amines) is 1. The number of hydrogen-bond donors (Lipinski definition) is 1. The predicted molar refractivity (Wildman–Crippen MR) is 117 cm³/mol. The minimum atomic E-state index is -0.180. The molecular formula is C24H29N5O. The van der Waals surface area contributed by atoms with Crippen LogP contribution in [0.3, 0.4) is 0 Å². The molecule has 0 aliphatic carbocycles. The molecule has 2 aromatic carbocycles. The molecule has 0 bridgehead atoms. The topological polar surface area (TPSA) is 63.1 Å². The SMILES string of the molecule is CC1CCN(C(CNC(=O)c2cn(Cc3ccccc3)nn2)c2ccccc2)CC1. The number of nitrogens with zero attached hydrogens (tertiary/aromatic N) is 4. The second-order valence-corrected chi connectivity index (χ2v) is 8.14. The normalized spacial score (nSPS) is 16.3. The van der Waals surface area contributed by atoms with Gasteiger partial charge in [-0.15, -0.1) is 5.10 Å². The quantitative estimate of drug-likeness (QED) is 0.656. The fourth-order valence-corrected chi connectivity index (χ4v) is 4.00. The van der Waals surface area contributed by atoms with E-state index in [1.807, 2.05) is 36.4 Å². The molecule has 156 valence electrons.